The molecule has 0 aliphatic heterocycles. The number of hydrogen-bond donors (Lipinski definition) is 0. The van der Waals surface area contributed by atoms with E-state index in [1.165, 1.54) is 11.1 Å². The van der Waals surface area contributed by atoms with Crippen molar-refractivity contribution < 1.29 is 9.53 Å². The zero-order chi connectivity index (χ0) is 20.0. The molecule has 0 heterocycles. The van der Waals surface area contributed by atoms with Crippen LogP contribution in [0.1, 0.15) is 42.0 Å². The molecule has 28 heavy (non-hydrogen) atoms. The fourth-order valence-corrected chi connectivity index (χ4v) is 3.67. The molecule has 0 aliphatic carbocycles. The molecule has 0 unspecified atom stereocenters. The fourth-order valence-electron chi connectivity index (χ4n) is 3.67. The Labute approximate surface area is 168 Å². The van der Waals surface area contributed by atoms with Gasteiger partial charge >= 0.3 is 5.97 Å². The number of ether oxygens (including phenoxy) is 1. The molecular formula is C26H28O2. The van der Waals surface area contributed by atoms with Gasteiger partial charge in [0.15, 0.2) is 0 Å². The number of aryl methyl sites for hydroxylation is 3. The number of para-hydroxylation sites is 1. The molecule has 3 aromatic carbocycles. The fraction of sp³-hybridized carbons (Fsp3) is 0.269. The highest BCUT2D eigenvalue weighted by Gasteiger charge is 2.30. The van der Waals surface area contributed by atoms with Gasteiger partial charge < -0.3 is 4.74 Å². The second-order valence-electron chi connectivity index (χ2n) is 7.78. The van der Waals surface area contributed by atoms with Crippen LogP contribution in [0.3, 0.4) is 0 Å². The van der Waals surface area contributed by atoms with Gasteiger partial charge in [0.05, 0.1) is 6.42 Å². The molecule has 0 saturated heterocycles. The smallest absolute Gasteiger partial charge is 0.312 e. The first-order valence-electron chi connectivity index (χ1n) is 9.84. The lowest BCUT2D eigenvalue weighted by Gasteiger charge is -2.30. The summed E-state index contributed by atoms with van der Waals surface area (Å²) in [5, 5.41) is 0. The molecule has 0 aliphatic rings. The maximum absolute atomic E-state index is 12.9. The third kappa shape index (κ3) is 4.89. The van der Waals surface area contributed by atoms with Crippen molar-refractivity contribution in [3.8, 4) is 5.75 Å². The highest BCUT2D eigenvalue weighted by atomic mass is 16.5. The lowest BCUT2D eigenvalue weighted by atomic mass is 9.75. The summed E-state index contributed by atoms with van der Waals surface area (Å²) in [5.41, 5.74) is 4.14. The Morgan fingerprint density at radius 3 is 2.00 bits per heavy atom. The first-order valence-corrected chi connectivity index (χ1v) is 9.84. The maximum atomic E-state index is 12.9. The highest BCUT2D eigenvalue weighted by molar-refractivity contribution is 5.75. The number of esters is 1. The summed E-state index contributed by atoms with van der Waals surface area (Å²) < 4.78 is 5.81. The molecule has 144 valence electrons. The number of carbonyl (C=O) groups is 1. The molecule has 0 spiro atoms. The van der Waals surface area contributed by atoms with Crippen molar-refractivity contribution in [1.29, 1.82) is 0 Å². The van der Waals surface area contributed by atoms with Crippen LogP contribution in [0, 0.1) is 13.8 Å². The number of benzene rings is 3. The third-order valence-corrected chi connectivity index (χ3v) is 5.44. The molecule has 0 aromatic heterocycles. The van der Waals surface area contributed by atoms with Gasteiger partial charge in [-0.15, -0.1) is 0 Å². The summed E-state index contributed by atoms with van der Waals surface area (Å²) in [4.78, 5) is 12.9. The molecule has 1 atom stereocenters. The molecule has 3 aromatic rings. The van der Waals surface area contributed by atoms with Crippen molar-refractivity contribution >= 4 is 5.97 Å². The summed E-state index contributed by atoms with van der Waals surface area (Å²) in [6.45, 7) is 6.11. The average Bonchev–Trinajstić information content (AvgIpc) is 2.71. The van der Waals surface area contributed by atoms with E-state index in [2.05, 4.69) is 43.3 Å². The molecule has 0 bridgehead atoms. The Hall–Kier alpha value is -2.87. The zero-order valence-electron chi connectivity index (χ0n) is 16.9. The minimum atomic E-state index is -0.287. The lowest BCUT2D eigenvalue weighted by Crippen LogP contribution is -2.29. The Kier molecular flexibility index (Phi) is 6.30. The summed E-state index contributed by atoms with van der Waals surface area (Å²) >= 11 is 0. The average molecular weight is 373 g/mol. The van der Waals surface area contributed by atoms with Crippen LogP contribution in [0.4, 0.5) is 0 Å². The van der Waals surface area contributed by atoms with E-state index in [-0.39, 0.29) is 11.4 Å². The number of hydrogen-bond acceptors (Lipinski definition) is 2. The van der Waals surface area contributed by atoms with E-state index in [4.69, 9.17) is 4.74 Å². The number of carbonyl (C=O) groups excluding carboxylic acids is 1. The van der Waals surface area contributed by atoms with Crippen LogP contribution < -0.4 is 4.74 Å². The minimum Gasteiger partial charge on any atom is -0.426 e. The largest absolute Gasteiger partial charge is 0.426 e. The summed E-state index contributed by atoms with van der Waals surface area (Å²) in [6.07, 6.45) is 2.14. The lowest BCUT2D eigenvalue weighted by molar-refractivity contribution is -0.135. The molecule has 0 amide bonds. The Morgan fingerprint density at radius 1 is 0.821 bits per heavy atom. The van der Waals surface area contributed by atoms with Crippen molar-refractivity contribution in [2.45, 2.75) is 45.4 Å². The van der Waals surface area contributed by atoms with E-state index in [0.29, 0.717) is 12.2 Å². The van der Waals surface area contributed by atoms with Crippen molar-refractivity contribution in [3.63, 3.8) is 0 Å². The van der Waals surface area contributed by atoms with Gasteiger partial charge in [0, 0.05) is 5.41 Å². The zero-order valence-corrected chi connectivity index (χ0v) is 16.9. The van der Waals surface area contributed by atoms with Crippen LogP contribution in [0.5, 0.6) is 5.75 Å². The van der Waals surface area contributed by atoms with Gasteiger partial charge in [-0.25, -0.2) is 0 Å². The Bertz CT molecular complexity index is 895. The third-order valence-electron chi connectivity index (χ3n) is 5.44. The molecule has 2 heteroatoms. The van der Waals surface area contributed by atoms with Gasteiger partial charge in [-0.3, -0.25) is 4.79 Å². The van der Waals surface area contributed by atoms with Crippen molar-refractivity contribution in [3.05, 3.63) is 101 Å². The van der Waals surface area contributed by atoms with Crippen molar-refractivity contribution in [2.75, 3.05) is 0 Å². The van der Waals surface area contributed by atoms with Gasteiger partial charge in [-0.05, 0) is 48.9 Å². The van der Waals surface area contributed by atoms with Crippen LogP contribution in [0.15, 0.2) is 78.9 Å². The first-order chi connectivity index (χ1) is 13.5. The topological polar surface area (TPSA) is 26.3 Å². The first kappa shape index (κ1) is 19.9. The van der Waals surface area contributed by atoms with E-state index in [0.717, 1.165) is 24.0 Å². The Balaban J connectivity index is 1.80. The standard InChI is InChI=1S/C26H28O2/c1-20-11-10-12-21(2)25(20)28-24(27)19-26(3,23-15-8-5-9-16-23)18-17-22-13-6-4-7-14-22/h4-16H,17-19H2,1-3H3/t26-/m0/s1. The quantitative estimate of drug-likeness (QED) is 0.365. The Morgan fingerprint density at radius 2 is 1.39 bits per heavy atom. The second-order valence-corrected chi connectivity index (χ2v) is 7.78. The predicted octanol–water partition coefficient (Wildman–Crippen LogP) is 6.19. The van der Waals surface area contributed by atoms with Gasteiger partial charge in [0.1, 0.15) is 5.75 Å². The van der Waals surface area contributed by atoms with E-state index < -0.39 is 0 Å². The van der Waals surface area contributed by atoms with Gasteiger partial charge in [0.25, 0.3) is 0 Å². The van der Waals surface area contributed by atoms with Gasteiger partial charge in [0.2, 0.25) is 0 Å². The van der Waals surface area contributed by atoms with Crippen LogP contribution in [0.25, 0.3) is 0 Å². The molecular weight excluding hydrogens is 344 g/mol. The molecule has 2 nitrogen and oxygen atoms in total. The van der Waals surface area contributed by atoms with Gasteiger partial charge in [-0.2, -0.15) is 0 Å². The SMILES string of the molecule is Cc1cccc(C)c1OC(=O)C[C@](C)(CCc1ccccc1)c1ccccc1. The van der Waals surface area contributed by atoms with Crippen LogP contribution in [-0.4, -0.2) is 5.97 Å². The molecule has 0 N–H and O–H groups in total. The van der Waals surface area contributed by atoms with E-state index in [1.807, 2.05) is 56.3 Å². The van der Waals surface area contributed by atoms with Gasteiger partial charge in [-0.1, -0.05) is 85.8 Å². The summed E-state index contributed by atoms with van der Waals surface area (Å²) in [5.74, 6) is 0.503. The van der Waals surface area contributed by atoms with E-state index in [9.17, 15) is 4.79 Å². The van der Waals surface area contributed by atoms with Crippen LogP contribution in [0.2, 0.25) is 0 Å². The predicted molar refractivity (Wildman–Crippen MR) is 115 cm³/mol. The molecule has 0 saturated carbocycles. The summed E-state index contributed by atoms with van der Waals surface area (Å²) in [7, 11) is 0. The normalized spacial score (nSPS) is 13.0. The van der Waals surface area contributed by atoms with Crippen LogP contribution in [-0.2, 0) is 16.6 Å². The molecule has 0 radical (unpaired) electrons. The molecule has 0 fully saturated rings. The summed E-state index contributed by atoms with van der Waals surface area (Å²) in [6, 6.07) is 26.7. The highest BCUT2D eigenvalue weighted by Crippen LogP contribution is 2.34. The van der Waals surface area contributed by atoms with Crippen molar-refractivity contribution in [2.24, 2.45) is 0 Å². The van der Waals surface area contributed by atoms with E-state index in [1.54, 1.807) is 0 Å². The number of rotatable bonds is 7. The van der Waals surface area contributed by atoms with E-state index >= 15 is 0 Å². The minimum absolute atomic E-state index is 0.184. The molecule has 3 rings (SSSR count). The maximum Gasteiger partial charge on any atom is 0.312 e. The van der Waals surface area contributed by atoms with Crippen molar-refractivity contribution in [1.82, 2.24) is 0 Å². The monoisotopic (exact) mass is 372 g/mol. The van der Waals surface area contributed by atoms with Crippen LogP contribution >= 0.6 is 0 Å². The second kappa shape index (κ2) is 8.88.